The van der Waals surface area contributed by atoms with Crippen LogP contribution in [-0.4, -0.2) is 47.3 Å². The number of aromatic nitrogens is 1. The van der Waals surface area contributed by atoms with Crippen molar-refractivity contribution in [2.24, 2.45) is 0 Å². The van der Waals surface area contributed by atoms with Crippen molar-refractivity contribution in [3.05, 3.63) is 22.2 Å². The number of benzene rings is 1. The predicted molar refractivity (Wildman–Crippen MR) is 96.2 cm³/mol. The minimum Gasteiger partial charge on any atom is -0.444 e. The van der Waals surface area contributed by atoms with Crippen molar-refractivity contribution >= 4 is 39.1 Å². The molecule has 0 bridgehead atoms. The molecule has 9 heteroatoms. The second-order valence-corrected chi connectivity index (χ2v) is 8.15. The summed E-state index contributed by atoms with van der Waals surface area (Å²) in [7, 11) is 0. The summed E-state index contributed by atoms with van der Waals surface area (Å²) in [5, 5.41) is 0. The van der Waals surface area contributed by atoms with Gasteiger partial charge in [0, 0.05) is 25.7 Å². The van der Waals surface area contributed by atoms with E-state index in [2.05, 4.69) is 20.9 Å². The summed E-state index contributed by atoms with van der Waals surface area (Å²) < 4.78 is 38.9. The van der Waals surface area contributed by atoms with Gasteiger partial charge in [-0.15, -0.1) is 0 Å². The van der Waals surface area contributed by atoms with Gasteiger partial charge in [0.05, 0.1) is 4.47 Å². The van der Waals surface area contributed by atoms with Gasteiger partial charge in [-0.1, -0.05) is 0 Å². The Morgan fingerprint density at radius 1 is 1.38 bits per heavy atom. The number of fused-ring (bicyclic) bond motifs is 1. The molecule has 3 rings (SSSR count). The van der Waals surface area contributed by atoms with Gasteiger partial charge in [-0.3, -0.25) is 0 Å². The Morgan fingerprint density at radius 2 is 2.08 bits per heavy atom. The van der Waals surface area contributed by atoms with E-state index < -0.39 is 17.2 Å². The van der Waals surface area contributed by atoms with Crippen LogP contribution in [0.5, 0.6) is 0 Å². The highest BCUT2D eigenvalue weighted by Crippen LogP contribution is 2.33. The Kier molecular flexibility index (Phi) is 4.85. The molecular formula is C17H20BrF2N3O3. The van der Waals surface area contributed by atoms with Crippen LogP contribution < -0.4 is 4.90 Å². The highest BCUT2D eigenvalue weighted by Gasteiger charge is 2.32. The third kappa shape index (κ3) is 3.62. The first-order chi connectivity index (χ1) is 12.1. The van der Waals surface area contributed by atoms with E-state index in [1.807, 2.05) is 32.6 Å². The molecule has 1 aromatic carbocycles. The largest absolute Gasteiger partial charge is 0.444 e. The molecule has 0 N–H and O–H groups in total. The number of piperazine rings is 1. The molecule has 2 heterocycles. The molecule has 1 saturated heterocycles. The van der Waals surface area contributed by atoms with Crippen LogP contribution >= 0.6 is 15.9 Å². The van der Waals surface area contributed by atoms with E-state index in [1.54, 1.807) is 4.90 Å². The molecule has 1 aromatic heterocycles. The summed E-state index contributed by atoms with van der Waals surface area (Å²) in [6, 6.07) is 1.08. The van der Waals surface area contributed by atoms with Crippen molar-refractivity contribution in [1.29, 1.82) is 0 Å². The summed E-state index contributed by atoms with van der Waals surface area (Å²) in [4.78, 5) is 19.8. The second kappa shape index (κ2) is 6.68. The number of hydrogen-bond acceptors (Lipinski definition) is 5. The zero-order chi connectivity index (χ0) is 19.2. The molecule has 1 amide bonds. The molecule has 142 valence electrons. The van der Waals surface area contributed by atoms with E-state index in [-0.39, 0.29) is 29.2 Å². The van der Waals surface area contributed by atoms with Crippen LogP contribution in [0.15, 0.2) is 15.0 Å². The number of carbonyl (C=O) groups is 1. The molecule has 1 aliphatic rings. The molecule has 0 aliphatic carbocycles. The van der Waals surface area contributed by atoms with Gasteiger partial charge in [0.15, 0.2) is 22.7 Å². The first kappa shape index (κ1) is 18.9. The van der Waals surface area contributed by atoms with Gasteiger partial charge in [0.1, 0.15) is 5.60 Å². The van der Waals surface area contributed by atoms with Gasteiger partial charge in [-0.25, -0.2) is 13.6 Å². The fourth-order valence-electron chi connectivity index (χ4n) is 2.83. The molecule has 0 spiro atoms. The third-order valence-corrected chi connectivity index (χ3v) is 4.62. The van der Waals surface area contributed by atoms with Gasteiger partial charge < -0.3 is 19.0 Å². The average molecular weight is 432 g/mol. The van der Waals surface area contributed by atoms with Crippen LogP contribution in [0.2, 0.25) is 0 Å². The van der Waals surface area contributed by atoms with E-state index in [1.165, 1.54) is 0 Å². The zero-order valence-corrected chi connectivity index (χ0v) is 16.6. The summed E-state index contributed by atoms with van der Waals surface area (Å²) in [6.45, 7) is 8.60. The number of amides is 1. The molecule has 1 fully saturated rings. The molecule has 26 heavy (non-hydrogen) atoms. The smallest absolute Gasteiger partial charge is 0.410 e. The van der Waals surface area contributed by atoms with Crippen molar-refractivity contribution in [2.75, 3.05) is 24.5 Å². The third-order valence-electron chi connectivity index (χ3n) is 4.03. The van der Waals surface area contributed by atoms with Gasteiger partial charge >= 0.3 is 6.09 Å². The maximum atomic E-state index is 14.0. The number of halogens is 3. The Balaban J connectivity index is 1.80. The number of oxazole rings is 1. The minimum atomic E-state index is -1.04. The molecule has 0 unspecified atom stereocenters. The standard InChI is InChI=1S/C17H20BrF2N3O3/c1-9-8-22(16(24)26-17(2,3)4)5-6-23(9)15-21-13-12(20)11(19)7-10(18)14(13)25-15/h7,9H,5-6,8H2,1-4H3/t9-/m0/s1. The lowest BCUT2D eigenvalue weighted by Crippen LogP contribution is -2.54. The lowest BCUT2D eigenvalue weighted by Gasteiger charge is -2.39. The Labute approximate surface area is 158 Å². The number of anilines is 1. The monoisotopic (exact) mass is 431 g/mol. The number of hydrogen-bond donors (Lipinski definition) is 0. The topological polar surface area (TPSA) is 58.8 Å². The fraction of sp³-hybridized carbons (Fsp3) is 0.529. The van der Waals surface area contributed by atoms with E-state index in [0.29, 0.717) is 24.1 Å². The van der Waals surface area contributed by atoms with E-state index in [4.69, 9.17) is 9.15 Å². The highest BCUT2D eigenvalue weighted by molar-refractivity contribution is 9.10. The highest BCUT2D eigenvalue weighted by atomic mass is 79.9. The number of nitrogens with zero attached hydrogens (tertiary/aromatic N) is 3. The minimum absolute atomic E-state index is 0.129. The van der Waals surface area contributed by atoms with Gasteiger partial charge in [-0.05, 0) is 49.7 Å². The maximum absolute atomic E-state index is 14.0. The fourth-order valence-corrected chi connectivity index (χ4v) is 3.30. The Bertz CT molecular complexity index is 850. The lowest BCUT2D eigenvalue weighted by atomic mass is 10.2. The van der Waals surface area contributed by atoms with Crippen LogP contribution in [0.1, 0.15) is 27.7 Å². The number of rotatable bonds is 1. The van der Waals surface area contributed by atoms with Crippen molar-refractivity contribution in [1.82, 2.24) is 9.88 Å². The SMILES string of the molecule is C[C@H]1CN(C(=O)OC(C)(C)C)CCN1c1nc2c(F)c(F)cc(Br)c2o1. The van der Waals surface area contributed by atoms with Crippen LogP contribution in [0, 0.1) is 11.6 Å². The first-order valence-electron chi connectivity index (χ1n) is 8.25. The normalized spacial score (nSPS) is 18.5. The number of carbonyl (C=O) groups excluding carboxylic acids is 1. The molecule has 6 nitrogen and oxygen atoms in total. The Morgan fingerprint density at radius 3 is 2.69 bits per heavy atom. The average Bonchev–Trinajstić information content (AvgIpc) is 2.96. The quantitative estimate of drug-likeness (QED) is 0.629. The second-order valence-electron chi connectivity index (χ2n) is 7.30. The van der Waals surface area contributed by atoms with E-state index >= 15 is 0 Å². The van der Waals surface area contributed by atoms with Gasteiger partial charge in [-0.2, -0.15) is 4.98 Å². The molecular weight excluding hydrogens is 412 g/mol. The summed E-state index contributed by atoms with van der Waals surface area (Å²) >= 11 is 3.16. The Hall–Kier alpha value is -1.90. The van der Waals surface area contributed by atoms with Crippen molar-refractivity contribution in [3.8, 4) is 0 Å². The summed E-state index contributed by atoms with van der Waals surface area (Å²) in [6.07, 6.45) is -0.377. The summed E-state index contributed by atoms with van der Waals surface area (Å²) in [5.41, 5.74) is -0.569. The molecule has 2 aromatic rings. The lowest BCUT2D eigenvalue weighted by molar-refractivity contribution is 0.0216. The predicted octanol–water partition coefficient (Wildman–Crippen LogP) is 4.31. The van der Waals surface area contributed by atoms with E-state index in [0.717, 1.165) is 6.07 Å². The van der Waals surface area contributed by atoms with Gasteiger partial charge in [0.25, 0.3) is 6.01 Å². The van der Waals surface area contributed by atoms with E-state index in [9.17, 15) is 13.6 Å². The van der Waals surface area contributed by atoms with Crippen LogP contribution in [0.25, 0.3) is 11.1 Å². The van der Waals surface area contributed by atoms with Crippen LogP contribution in [0.3, 0.4) is 0 Å². The molecule has 0 radical (unpaired) electrons. The van der Waals surface area contributed by atoms with Gasteiger partial charge in [0.2, 0.25) is 0 Å². The van der Waals surface area contributed by atoms with Crippen molar-refractivity contribution in [3.63, 3.8) is 0 Å². The van der Waals surface area contributed by atoms with Crippen molar-refractivity contribution in [2.45, 2.75) is 39.3 Å². The van der Waals surface area contributed by atoms with Crippen LogP contribution in [0.4, 0.5) is 19.6 Å². The number of ether oxygens (including phenoxy) is 1. The molecule has 1 aliphatic heterocycles. The maximum Gasteiger partial charge on any atom is 0.410 e. The van der Waals surface area contributed by atoms with Crippen LogP contribution in [-0.2, 0) is 4.74 Å². The zero-order valence-electron chi connectivity index (χ0n) is 15.0. The first-order valence-corrected chi connectivity index (χ1v) is 9.04. The molecule has 1 atom stereocenters. The summed E-state index contributed by atoms with van der Waals surface area (Å²) in [5.74, 6) is -2.04. The van der Waals surface area contributed by atoms with Crippen molar-refractivity contribution < 1.29 is 22.7 Å². The molecule has 0 saturated carbocycles.